The number of aromatic nitrogens is 2. The third-order valence-corrected chi connectivity index (χ3v) is 3.20. The van der Waals surface area contributed by atoms with Gasteiger partial charge in [0, 0.05) is 29.1 Å². The molecule has 0 amide bonds. The van der Waals surface area contributed by atoms with Crippen molar-refractivity contribution in [2.45, 2.75) is 4.90 Å². The van der Waals surface area contributed by atoms with E-state index < -0.39 is 9.05 Å². The van der Waals surface area contributed by atoms with Crippen LogP contribution in [-0.4, -0.2) is 18.4 Å². The first-order valence-electron chi connectivity index (χ1n) is 4.54. The second-order valence-corrected chi connectivity index (χ2v) is 5.62. The fourth-order valence-corrected chi connectivity index (χ4v) is 1.88. The highest BCUT2D eigenvalue weighted by Crippen LogP contribution is 2.22. The molecular formula is C10H7ClN2O3S. The van der Waals surface area contributed by atoms with Gasteiger partial charge < -0.3 is 4.74 Å². The van der Waals surface area contributed by atoms with E-state index in [-0.39, 0.29) is 10.8 Å². The maximum atomic E-state index is 11.1. The highest BCUT2D eigenvalue weighted by molar-refractivity contribution is 8.13. The number of hydrogen-bond donors (Lipinski definition) is 0. The minimum Gasteiger partial charge on any atom is -0.437 e. The van der Waals surface area contributed by atoms with Crippen LogP contribution in [-0.2, 0) is 9.05 Å². The van der Waals surface area contributed by atoms with E-state index in [9.17, 15) is 8.42 Å². The van der Waals surface area contributed by atoms with Crippen LogP contribution >= 0.6 is 10.7 Å². The summed E-state index contributed by atoms with van der Waals surface area (Å²) in [6, 6.07) is 5.90. The average Bonchev–Trinajstić information content (AvgIpc) is 2.29. The molecule has 7 heteroatoms. The molecule has 0 fully saturated rings. The van der Waals surface area contributed by atoms with E-state index in [0.29, 0.717) is 5.75 Å². The minimum atomic E-state index is -3.78. The lowest BCUT2D eigenvalue weighted by molar-refractivity contribution is 0.458. The van der Waals surface area contributed by atoms with E-state index in [4.69, 9.17) is 15.4 Å². The number of rotatable bonds is 3. The molecule has 0 spiro atoms. The van der Waals surface area contributed by atoms with Crippen molar-refractivity contribution in [3.8, 4) is 11.6 Å². The zero-order valence-corrected chi connectivity index (χ0v) is 10.0. The monoisotopic (exact) mass is 270 g/mol. The van der Waals surface area contributed by atoms with Gasteiger partial charge in [-0.15, -0.1) is 0 Å². The van der Waals surface area contributed by atoms with Crippen molar-refractivity contribution in [2.24, 2.45) is 0 Å². The van der Waals surface area contributed by atoms with Gasteiger partial charge in [0.1, 0.15) is 5.75 Å². The summed E-state index contributed by atoms with van der Waals surface area (Å²) in [5, 5.41) is 0. The Morgan fingerprint density at radius 1 is 1.24 bits per heavy atom. The zero-order chi connectivity index (χ0) is 12.3. The third-order valence-electron chi connectivity index (χ3n) is 1.84. The SMILES string of the molecule is O=S(=O)(Cl)c1ccnc(Oc2cccnc2)c1. The molecule has 17 heavy (non-hydrogen) atoms. The molecule has 0 aliphatic carbocycles. The molecule has 2 aromatic rings. The normalized spacial score (nSPS) is 11.1. The Hall–Kier alpha value is -1.66. The number of hydrogen-bond acceptors (Lipinski definition) is 5. The second kappa shape index (κ2) is 4.68. The van der Waals surface area contributed by atoms with E-state index in [1.54, 1.807) is 18.3 Å². The van der Waals surface area contributed by atoms with Crippen LogP contribution in [0.25, 0.3) is 0 Å². The van der Waals surface area contributed by atoms with E-state index in [1.165, 1.54) is 24.5 Å². The summed E-state index contributed by atoms with van der Waals surface area (Å²) in [7, 11) is 1.43. The Morgan fingerprint density at radius 3 is 2.71 bits per heavy atom. The molecule has 0 unspecified atom stereocenters. The molecule has 0 aliphatic rings. The summed E-state index contributed by atoms with van der Waals surface area (Å²) >= 11 is 0. The van der Waals surface area contributed by atoms with E-state index >= 15 is 0 Å². The van der Waals surface area contributed by atoms with Crippen molar-refractivity contribution in [1.82, 2.24) is 9.97 Å². The summed E-state index contributed by atoms with van der Waals surface area (Å²) in [6.45, 7) is 0. The molecule has 0 aromatic carbocycles. The summed E-state index contributed by atoms with van der Waals surface area (Å²) in [4.78, 5) is 7.67. The van der Waals surface area contributed by atoms with Gasteiger partial charge in [-0.1, -0.05) is 0 Å². The molecule has 0 saturated heterocycles. The van der Waals surface area contributed by atoms with Gasteiger partial charge >= 0.3 is 0 Å². The molecule has 0 saturated carbocycles. The maximum Gasteiger partial charge on any atom is 0.261 e. The molecule has 0 radical (unpaired) electrons. The standard InChI is InChI=1S/C10H7ClN2O3S/c11-17(14,15)9-3-5-13-10(6-9)16-8-2-1-4-12-7-8/h1-7H. The lowest BCUT2D eigenvalue weighted by atomic mass is 10.4. The summed E-state index contributed by atoms with van der Waals surface area (Å²) in [5.74, 6) is 0.601. The number of nitrogens with zero attached hydrogens (tertiary/aromatic N) is 2. The Kier molecular flexibility index (Phi) is 3.26. The van der Waals surface area contributed by atoms with E-state index in [0.717, 1.165) is 0 Å². The molecule has 0 aliphatic heterocycles. The molecule has 88 valence electrons. The van der Waals surface area contributed by atoms with Gasteiger partial charge in [-0.25, -0.2) is 13.4 Å². The Morgan fingerprint density at radius 2 is 2.06 bits per heavy atom. The van der Waals surface area contributed by atoms with Gasteiger partial charge in [0.05, 0.1) is 11.1 Å². The van der Waals surface area contributed by atoms with Crippen LogP contribution in [0.15, 0.2) is 47.8 Å². The van der Waals surface area contributed by atoms with Gasteiger partial charge in [0.25, 0.3) is 9.05 Å². The molecule has 0 N–H and O–H groups in total. The molecular weight excluding hydrogens is 264 g/mol. The fraction of sp³-hybridized carbons (Fsp3) is 0. The number of halogens is 1. The van der Waals surface area contributed by atoms with Gasteiger partial charge in [-0.3, -0.25) is 4.98 Å². The van der Waals surface area contributed by atoms with Crippen molar-refractivity contribution in [3.63, 3.8) is 0 Å². The highest BCUT2D eigenvalue weighted by atomic mass is 35.7. The zero-order valence-electron chi connectivity index (χ0n) is 8.45. The van der Waals surface area contributed by atoms with Crippen LogP contribution < -0.4 is 4.74 Å². The van der Waals surface area contributed by atoms with Crippen LogP contribution in [0.5, 0.6) is 11.6 Å². The van der Waals surface area contributed by atoms with Crippen LogP contribution in [0.4, 0.5) is 0 Å². The first-order valence-corrected chi connectivity index (χ1v) is 6.85. The molecule has 2 aromatic heterocycles. The first kappa shape index (κ1) is 11.8. The predicted molar refractivity (Wildman–Crippen MR) is 61.6 cm³/mol. The Balaban J connectivity index is 2.29. The molecule has 0 bridgehead atoms. The second-order valence-electron chi connectivity index (χ2n) is 3.06. The van der Waals surface area contributed by atoms with Crippen molar-refractivity contribution >= 4 is 19.7 Å². The van der Waals surface area contributed by atoms with Crippen LogP contribution in [0.1, 0.15) is 0 Å². The van der Waals surface area contributed by atoms with E-state index in [1.807, 2.05) is 0 Å². The summed E-state index contributed by atoms with van der Waals surface area (Å²) in [5.41, 5.74) is 0. The van der Waals surface area contributed by atoms with Crippen molar-refractivity contribution in [2.75, 3.05) is 0 Å². The minimum absolute atomic E-state index is 0.0620. The Labute approximate surface area is 102 Å². The van der Waals surface area contributed by atoms with Gasteiger partial charge in [-0.05, 0) is 18.2 Å². The molecule has 2 heterocycles. The quantitative estimate of drug-likeness (QED) is 0.800. The largest absolute Gasteiger partial charge is 0.437 e. The fourth-order valence-electron chi connectivity index (χ4n) is 1.13. The lowest BCUT2D eigenvalue weighted by Gasteiger charge is -2.04. The number of pyridine rings is 2. The molecule has 0 atom stereocenters. The summed E-state index contributed by atoms with van der Waals surface area (Å²) < 4.78 is 27.5. The summed E-state index contributed by atoms with van der Waals surface area (Å²) in [6.07, 6.45) is 4.39. The van der Waals surface area contributed by atoms with Crippen LogP contribution in [0.3, 0.4) is 0 Å². The van der Waals surface area contributed by atoms with Crippen molar-refractivity contribution < 1.29 is 13.2 Å². The average molecular weight is 271 g/mol. The smallest absolute Gasteiger partial charge is 0.261 e. The van der Waals surface area contributed by atoms with Crippen LogP contribution in [0.2, 0.25) is 0 Å². The Bertz CT molecular complexity index is 616. The van der Waals surface area contributed by atoms with Crippen molar-refractivity contribution in [1.29, 1.82) is 0 Å². The highest BCUT2D eigenvalue weighted by Gasteiger charge is 2.11. The molecule has 5 nitrogen and oxygen atoms in total. The number of ether oxygens (including phenoxy) is 1. The maximum absolute atomic E-state index is 11.1. The van der Waals surface area contributed by atoms with Gasteiger partial charge in [0.15, 0.2) is 0 Å². The third kappa shape index (κ3) is 3.15. The lowest BCUT2D eigenvalue weighted by Crippen LogP contribution is -1.94. The first-order chi connectivity index (χ1) is 8.05. The van der Waals surface area contributed by atoms with E-state index in [2.05, 4.69) is 9.97 Å². The van der Waals surface area contributed by atoms with Crippen LogP contribution in [0, 0.1) is 0 Å². The van der Waals surface area contributed by atoms with Gasteiger partial charge in [-0.2, -0.15) is 0 Å². The molecule has 2 rings (SSSR count). The predicted octanol–water partition coefficient (Wildman–Crippen LogP) is 2.20. The topological polar surface area (TPSA) is 69.2 Å². The van der Waals surface area contributed by atoms with Crippen molar-refractivity contribution in [3.05, 3.63) is 42.9 Å². The van der Waals surface area contributed by atoms with Gasteiger partial charge in [0.2, 0.25) is 5.88 Å².